The third kappa shape index (κ3) is 5.36. The zero-order valence-corrected chi connectivity index (χ0v) is 12.2. The Balaban J connectivity index is 2.50. The zero-order valence-electron chi connectivity index (χ0n) is 12.2. The van der Waals surface area contributed by atoms with Gasteiger partial charge < -0.3 is 15.0 Å². The quantitative estimate of drug-likeness (QED) is 0.759. The van der Waals surface area contributed by atoms with E-state index in [1.54, 1.807) is 0 Å². The van der Waals surface area contributed by atoms with E-state index in [4.69, 9.17) is 4.74 Å². The number of nitrogens with zero attached hydrogens (tertiary/aromatic N) is 1. The van der Waals surface area contributed by atoms with E-state index < -0.39 is 0 Å². The van der Waals surface area contributed by atoms with Crippen molar-refractivity contribution in [2.24, 2.45) is 5.92 Å². The van der Waals surface area contributed by atoms with Crippen molar-refractivity contribution in [1.82, 2.24) is 10.2 Å². The van der Waals surface area contributed by atoms with E-state index in [2.05, 4.69) is 31.1 Å². The van der Waals surface area contributed by atoms with Gasteiger partial charge in [-0.3, -0.25) is 4.79 Å². The zero-order chi connectivity index (χ0) is 13.5. The lowest BCUT2D eigenvalue weighted by Gasteiger charge is -2.24. The number of nitrogens with one attached hydrogen (secondary N) is 1. The first-order chi connectivity index (χ1) is 8.52. The van der Waals surface area contributed by atoms with E-state index in [1.807, 2.05) is 0 Å². The fraction of sp³-hybridized carbons (Fsp3) is 0.929. The monoisotopic (exact) mass is 256 g/mol. The minimum Gasteiger partial charge on any atom is -0.468 e. The molecule has 0 bridgehead atoms. The minimum absolute atomic E-state index is 0.124. The van der Waals surface area contributed by atoms with E-state index in [-0.39, 0.29) is 12.0 Å². The molecular formula is C14H28N2O2. The standard InChI is InChI=1S/C14H28N2O2/c1-11(2)10-13(14(17)18-4)15-12-6-5-8-16(3)9-7-12/h11-13,15H,5-10H2,1-4H3. The number of hydrogen-bond donors (Lipinski definition) is 1. The average molecular weight is 256 g/mol. The van der Waals surface area contributed by atoms with Gasteiger partial charge in [0.05, 0.1) is 7.11 Å². The van der Waals surface area contributed by atoms with E-state index in [0.29, 0.717) is 12.0 Å². The van der Waals surface area contributed by atoms with Crippen LogP contribution in [-0.2, 0) is 9.53 Å². The van der Waals surface area contributed by atoms with E-state index in [9.17, 15) is 4.79 Å². The lowest BCUT2D eigenvalue weighted by Crippen LogP contribution is -2.45. The summed E-state index contributed by atoms with van der Waals surface area (Å²) in [6.07, 6.45) is 4.31. The molecule has 2 atom stereocenters. The van der Waals surface area contributed by atoms with Crippen molar-refractivity contribution in [1.29, 1.82) is 0 Å². The van der Waals surface area contributed by atoms with E-state index in [1.165, 1.54) is 13.5 Å². The molecule has 0 aromatic carbocycles. The summed E-state index contributed by atoms with van der Waals surface area (Å²) in [6, 6.07) is 0.293. The number of carbonyl (C=O) groups excluding carboxylic acids is 1. The summed E-state index contributed by atoms with van der Waals surface area (Å²) in [5.41, 5.74) is 0. The number of likely N-dealkylation sites (tertiary alicyclic amines) is 1. The molecule has 0 saturated carbocycles. The molecule has 1 heterocycles. The van der Waals surface area contributed by atoms with Crippen LogP contribution < -0.4 is 5.32 Å². The molecule has 4 nitrogen and oxygen atoms in total. The number of esters is 1. The number of ether oxygens (including phenoxy) is 1. The summed E-state index contributed by atoms with van der Waals surface area (Å²) >= 11 is 0. The first kappa shape index (κ1) is 15.4. The van der Waals surface area contributed by atoms with Crippen LogP contribution in [0.2, 0.25) is 0 Å². The molecular weight excluding hydrogens is 228 g/mol. The maximum absolute atomic E-state index is 11.8. The Kier molecular flexibility index (Phi) is 6.65. The molecule has 0 aliphatic carbocycles. The fourth-order valence-corrected chi connectivity index (χ4v) is 2.54. The Morgan fingerprint density at radius 1 is 1.39 bits per heavy atom. The van der Waals surface area contributed by atoms with Crippen molar-refractivity contribution in [3.8, 4) is 0 Å². The smallest absolute Gasteiger partial charge is 0.322 e. The second-order valence-electron chi connectivity index (χ2n) is 5.80. The molecule has 1 rings (SSSR count). The van der Waals surface area contributed by atoms with Gasteiger partial charge >= 0.3 is 5.97 Å². The highest BCUT2D eigenvalue weighted by Crippen LogP contribution is 2.13. The van der Waals surface area contributed by atoms with Crippen molar-refractivity contribution in [3.05, 3.63) is 0 Å². The first-order valence-electron chi connectivity index (χ1n) is 7.05. The van der Waals surface area contributed by atoms with Crippen LogP contribution in [-0.4, -0.2) is 50.2 Å². The van der Waals surface area contributed by atoms with Gasteiger partial charge in [0.1, 0.15) is 6.04 Å². The largest absolute Gasteiger partial charge is 0.468 e. The molecule has 1 N–H and O–H groups in total. The van der Waals surface area contributed by atoms with Crippen molar-refractivity contribution in [2.75, 3.05) is 27.2 Å². The highest BCUT2D eigenvalue weighted by molar-refractivity contribution is 5.75. The molecule has 18 heavy (non-hydrogen) atoms. The van der Waals surface area contributed by atoms with Crippen LogP contribution in [0.3, 0.4) is 0 Å². The van der Waals surface area contributed by atoms with Crippen LogP contribution in [0.15, 0.2) is 0 Å². The third-order valence-electron chi connectivity index (χ3n) is 3.58. The first-order valence-corrected chi connectivity index (χ1v) is 7.05. The summed E-state index contributed by atoms with van der Waals surface area (Å²) in [5.74, 6) is 0.372. The van der Waals surface area contributed by atoms with Gasteiger partial charge in [0, 0.05) is 6.04 Å². The SMILES string of the molecule is COC(=O)C(CC(C)C)NC1CCCN(C)CC1. The molecule has 0 amide bonds. The molecule has 0 radical (unpaired) electrons. The average Bonchev–Trinajstić information content (AvgIpc) is 2.52. The summed E-state index contributed by atoms with van der Waals surface area (Å²) < 4.78 is 4.90. The molecule has 0 aromatic heterocycles. The molecule has 0 spiro atoms. The molecule has 4 heteroatoms. The second-order valence-corrected chi connectivity index (χ2v) is 5.80. The minimum atomic E-state index is -0.150. The molecule has 0 aromatic rings. The van der Waals surface area contributed by atoms with Crippen molar-refractivity contribution in [2.45, 2.75) is 51.6 Å². The number of rotatable bonds is 5. The van der Waals surface area contributed by atoms with Crippen LogP contribution in [0.5, 0.6) is 0 Å². The fourth-order valence-electron chi connectivity index (χ4n) is 2.54. The Hall–Kier alpha value is -0.610. The summed E-state index contributed by atoms with van der Waals surface area (Å²) in [7, 11) is 3.63. The number of hydrogen-bond acceptors (Lipinski definition) is 4. The lowest BCUT2D eigenvalue weighted by atomic mass is 10.0. The van der Waals surface area contributed by atoms with Gasteiger partial charge in [0.25, 0.3) is 0 Å². The van der Waals surface area contributed by atoms with Crippen LogP contribution in [0.1, 0.15) is 39.5 Å². The Morgan fingerprint density at radius 2 is 2.11 bits per heavy atom. The molecule has 1 aliphatic rings. The topological polar surface area (TPSA) is 41.6 Å². The van der Waals surface area contributed by atoms with Crippen LogP contribution in [0.25, 0.3) is 0 Å². The van der Waals surface area contributed by atoms with Gasteiger partial charge in [0.15, 0.2) is 0 Å². The number of carbonyl (C=O) groups is 1. The van der Waals surface area contributed by atoms with Crippen molar-refractivity contribution >= 4 is 5.97 Å². The predicted octanol–water partition coefficient (Wildman–Crippen LogP) is 1.65. The second kappa shape index (κ2) is 7.74. The molecule has 106 valence electrons. The highest BCUT2D eigenvalue weighted by Gasteiger charge is 2.24. The van der Waals surface area contributed by atoms with Gasteiger partial charge in [-0.25, -0.2) is 0 Å². The molecule has 1 fully saturated rings. The normalized spacial score (nSPS) is 23.7. The van der Waals surface area contributed by atoms with Crippen molar-refractivity contribution < 1.29 is 9.53 Å². The Labute approximate surface area is 111 Å². The van der Waals surface area contributed by atoms with E-state index >= 15 is 0 Å². The number of methoxy groups -OCH3 is 1. The Morgan fingerprint density at radius 3 is 2.72 bits per heavy atom. The molecule has 1 saturated heterocycles. The van der Waals surface area contributed by atoms with Gasteiger partial charge in [0.2, 0.25) is 0 Å². The van der Waals surface area contributed by atoms with Crippen LogP contribution in [0.4, 0.5) is 0 Å². The van der Waals surface area contributed by atoms with Gasteiger partial charge in [-0.15, -0.1) is 0 Å². The van der Waals surface area contributed by atoms with E-state index in [0.717, 1.165) is 32.4 Å². The van der Waals surface area contributed by atoms with Crippen LogP contribution in [0, 0.1) is 5.92 Å². The summed E-state index contributed by atoms with van der Waals surface area (Å²) in [4.78, 5) is 14.1. The van der Waals surface area contributed by atoms with Crippen LogP contribution >= 0.6 is 0 Å². The maximum Gasteiger partial charge on any atom is 0.322 e. The van der Waals surface area contributed by atoms with Gasteiger partial charge in [-0.2, -0.15) is 0 Å². The highest BCUT2D eigenvalue weighted by atomic mass is 16.5. The van der Waals surface area contributed by atoms with Gasteiger partial charge in [-0.05, 0) is 51.7 Å². The van der Waals surface area contributed by atoms with Crippen molar-refractivity contribution in [3.63, 3.8) is 0 Å². The predicted molar refractivity (Wildman–Crippen MR) is 73.5 cm³/mol. The summed E-state index contributed by atoms with van der Waals surface area (Å²) in [6.45, 7) is 6.54. The lowest BCUT2D eigenvalue weighted by molar-refractivity contribution is -0.143. The summed E-state index contributed by atoms with van der Waals surface area (Å²) in [5, 5.41) is 3.50. The van der Waals surface area contributed by atoms with Gasteiger partial charge in [-0.1, -0.05) is 13.8 Å². The molecule has 1 aliphatic heterocycles. The maximum atomic E-state index is 11.8. The third-order valence-corrected chi connectivity index (χ3v) is 3.58. The molecule has 2 unspecified atom stereocenters. The Bertz CT molecular complexity index is 256.